The van der Waals surface area contributed by atoms with E-state index in [1.807, 2.05) is 25.1 Å². The number of rotatable bonds is 5. The molecule has 6 aromatic carbocycles. The van der Waals surface area contributed by atoms with Gasteiger partial charge in [-0.05, 0) is 64.2 Å². The standard InChI is InChI=1S/C41H28N2O/c1-3-13-29-25-37-35(24-26(29)4-2)38-36(44-37)23-22-34-39(32-21-12-17-28-16-8-9-18-30(28)32)42-41(43-40(34)38)33-20-11-10-19-31(33)27-14-6-5-7-15-27/h3-25H,2H2,1H3/b13-3-. The van der Waals surface area contributed by atoms with Crippen molar-refractivity contribution in [2.24, 2.45) is 0 Å². The van der Waals surface area contributed by atoms with Crippen molar-refractivity contribution < 1.29 is 4.42 Å². The van der Waals surface area contributed by atoms with Crippen LogP contribution in [0.2, 0.25) is 0 Å². The van der Waals surface area contributed by atoms with Gasteiger partial charge in [0.15, 0.2) is 5.82 Å². The quantitative estimate of drug-likeness (QED) is 0.209. The van der Waals surface area contributed by atoms with Crippen molar-refractivity contribution >= 4 is 55.8 Å². The van der Waals surface area contributed by atoms with Crippen molar-refractivity contribution in [3.63, 3.8) is 0 Å². The van der Waals surface area contributed by atoms with Crippen molar-refractivity contribution in [3.8, 4) is 33.8 Å². The van der Waals surface area contributed by atoms with Gasteiger partial charge in [0, 0.05) is 21.9 Å². The van der Waals surface area contributed by atoms with Crippen molar-refractivity contribution in [3.05, 3.63) is 145 Å². The number of benzene rings is 6. The van der Waals surface area contributed by atoms with Gasteiger partial charge in [-0.2, -0.15) is 0 Å². The minimum atomic E-state index is 0.677. The Morgan fingerprint density at radius 1 is 0.614 bits per heavy atom. The second-order valence-electron chi connectivity index (χ2n) is 11.0. The molecule has 2 aromatic heterocycles. The minimum absolute atomic E-state index is 0.677. The molecule has 0 aliphatic heterocycles. The molecule has 8 aromatic rings. The number of hydrogen-bond acceptors (Lipinski definition) is 3. The molecule has 2 heterocycles. The average Bonchev–Trinajstić information content (AvgIpc) is 3.45. The van der Waals surface area contributed by atoms with Gasteiger partial charge in [-0.15, -0.1) is 0 Å². The van der Waals surface area contributed by atoms with Crippen LogP contribution in [0.25, 0.3) is 89.5 Å². The topological polar surface area (TPSA) is 38.9 Å². The Hall–Kier alpha value is -5.80. The highest BCUT2D eigenvalue weighted by Crippen LogP contribution is 2.41. The molecule has 0 aliphatic carbocycles. The Morgan fingerprint density at radius 3 is 2.20 bits per heavy atom. The molecule has 8 rings (SSSR count). The average molecular weight is 565 g/mol. The SMILES string of the molecule is C=Cc1cc2c(cc1/C=C\C)oc1ccc3c(-c4cccc5ccccc45)nc(-c4ccccc4-c4ccccc4)nc3c12. The first-order chi connectivity index (χ1) is 21.7. The van der Waals surface area contributed by atoms with Gasteiger partial charge in [0.25, 0.3) is 0 Å². The number of fused-ring (bicyclic) bond motifs is 6. The summed E-state index contributed by atoms with van der Waals surface area (Å²) in [7, 11) is 0. The molecule has 0 fully saturated rings. The van der Waals surface area contributed by atoms with Crippen LogP contribution in [0.3, 0.4) is 0 Å². The molecular weight excluding hydrogens is 536 g/mol. The predicted octanol–water partition coefficient (Wildman–Crippen LogP) is 11.4. The molecule has 0 unspecified atom stereocenters. The van der Waals surface area contributed by atoms with Crippen molar-refractivity contribution in [2.45, 2.75) is 6.92 Å². The largest absolute Gasteiger partial charge is 0.456 e. The van der Waals surface area contributed by atoms with Crippen LogP contribution in [0.5, 0.6) is 0 Å². The van der Waals surface area contributed by atoms with Crippen LogP contribution in [0.4, 0.5) is 0 Å². The van der Waals surface area contributed by atoms with E-state index < -0.39 is 0 Å². The fraction of sp³-hybridized carbons (Fsp3) is 0.0244. The Kier molecular flexibility index (Phi) is 6.16. The molecule has 0 aliphatic rings. The van der Waals surface area contributed by atoms with Crippen LogP contribution in [-0.4, -0.2) is 9.97 Å². The lowest BCUT2D eigenvalue weighted by molar-refractivity contribution is 0.669. The second-order valence-corrected chi connectivity index (χ2v) is 11.0. The van der Waals surface area contributed by atoms with Crippen LogP contribution in [0, 0.1) is 0 Å². The summed E-state index contributed by atoms with van der Waals surface area (Å²) >= 11 is 0. The molecule has 0 bridgehead atoms. The molecule has 0 saturated heterocycles. The molecule has 3 nitrogen and oxygen atoms in total. The molecule has 0 saturated carbocycles. The maximum atomic E-state index is 6.47. The van der Waals surface area contributed by atoms with E-state index in [2.05, 4.69) is 128 Å². The molecule has 0 spiro atoms. The molecule has 0 atom stereocenters. The third-order valence-electron chi connectivity index (χ3n) is 8.37. The highest BCUT2D eigenvalue weighted by atomic mass is 16.3. The molecule has 44 heavy (non-hydrogen) atoms. The molecule has 0 radical (unpaired) electrons. The zero-order valence-electron chi connectivity index (χ0n) is 24.3. The highest BCUT2D eigenvalue weighted by Gasteiger charge is 2.20. The third-order valence-corrected chi connectivity index (χ3v) is 8.37. The van der Waals surface area contributed by atoms with Crippen LogP contribution < -0.4 is 0 Å². The van der Waals surface area contributed by atoms with Crippen LogP contribution in [0.1, 0.15) is 18.1 Å². The van der Waals surface area contributed by atoms with Gasteiger partial charge < -0.3 is 4.42 Å². The maximum Gasteiger partial charge on any atom is 0.161 e. The number of furan rings is 1. The van der Waals surface area contributed by atoms with Gasteiger partial charge in [-0.1, -0.05) is 122 Å². The zero-order valence-corrected chi connectivity index (χ0v) is 24.3. The Morgan fingerprint density at radius 2 is 1.36 bits per heavy atom. The summed E-state index contributed by atoms with van der Waals surface area (Å²) in [5, 5.41) is 5.30. The lowest BCUT2D eigenvalue weighted by Gasteiger charge is -2.14. The van der Waals surface area contributed by atoms with Crippen molar-refractivity contribution in [1.82, 2.24) is 9.97 Å². The predicted molar refractivity (Wildman–Crippen MR) is 185 cm³/mol. The van der Waals surface area contributed by atoms with Crippen LogP contribution in [0.15, 0.2) is 138 Å². The van der Waals surface area contributed by atoms with Crippen molar-refractivity contribution in [1.29, 1.82) is 0 Å². The van der Waals surface area contributed by atoms with E-state index in [1.54, 1.807) is 0 Å². The van der Waals surface area contributed by atoms with Gasteiger partial charge in [0.05, 0.1) is 16.6 Å². The summed E-state index contributed by atoms with van der Waals surface area (Å²) in [5.41, 5.74) is 9.77. The molecule has 3 heteroatoms. The summed E-state index contributed by atoms with van der Waals surface area (Å²) in [6.45, 7) is 6.11. The maximum absolute atomic E-state index is 6.47. The smallest absolute Gasteiger partial charge is 0.161 e. The first-order valence-corrected chi connectivity index (χ1v) is 14.8. The highest BCUT2D eigenvalue weighted by molar-refractivity contribution is 6.20. The fourth-order valence-corrected chi connectivity index (χ4v) is 6.34. The summed E-state index contributed by atoms with van der Waals surface area (Å²) in [4.78, 5) is 10.7. The van der Waals surface area contributed by atoms with E-state index in [9.17, 15) is 0 Å². The van der Waals surface area contributed by atoms with Crippen LogP contribution >= 0.6 is 0 Å². The van der Waals surface area contributed by atoms with Gasteiger partial charge >= 0.3 is 0 Å². The lowest BCUT2D eigenvalue weighted by Crippen LogP contribution is -1.97. The Balaban J connectivity index is 1.52. The lowest BCUT2D eigenvalue weighted by atomic mass is 9.96. The monoisotopic (exact) mass is 564 g/mol. The van der Waals surface area contributed by atoms with Gasteiger partial charge in [-0.3, -0.25) is 0 Å². The molecule has 208 valence electrons. The van der Waals surface area contributed by atoms with Crippen molar-refractivity contribution in [2.75, 3.05) is 0 Å². The number of nitrogens with zero attached hydrogens (tertiary/aromatic N) is 2. The molecule has 0 N–H and O–H groups in total. The number of aromatic nitrogens is 2. The van der Waals surface area contributed by atoms with Crippen LogP contribution in [-0.2, 0) is 0 Å². The second kappa shape index (κ2) is 10.5. The van der Waals surface area contributed by atoms with Gasteiger partial charge in [0.2, 0.25) is 0 Å². The summed E-state index contributed by atoms with van der Waals surface area (Å²) < 4.78 is 6.47. The molecule has 0 amide bonds. The van der Waals surface area contributed by atoms with E-state index in [0.717, 1.165) is 77.3 Å². The van der Waals surface area contributed by atoms with E-state index in [-0.39, 0.29) is 0 Å². The Labute approximate surface area is 255 Å². The van der Waals surface area contributed by atoms with E-state index in [0.29, 0.717) is 5.82 Å². The summed E-state index contributed by atoms with van der Waals surface area (Å²) in [5.74, 6) is 0.677. The first kappa shape index (κ1) is 25.9. The van der Waals surface area contributed by atoms with E-state index in [4.69, 9.17) is 14.4 Å². The molecular formula is C41H28N2O. The number of allylic oxidation sites excluding steroid dienone is 1. The van der Waals surface area contributed by atoms with E-state index >= 15 is 0 Å². The van der Waals surface area contributed by atoms with Gasteiger partial charge in [-0.25, -0.2) is 9.97 Å². The zero-order chi connectivity index (χ0) is 29.6. The number of hydrogen-bond donors (Lipinski definition) is 0. The normalized spacial score (nSPS) is 11.8. The van der Waals surface area contributed by atoms with E-state index in [1.165, 1.54) is 5.39 Å². The first-order valence-electron chi connectivity index (χ1n) is 14.8. The summed E-state index contributed by atoms with van der Waals surface area (Å²) in [6.07, 6.45) is 6.02. The van der Waals surface area contributed by atoms with Gasteiger partial charge in [0.1, 0.15) is 11.2 Å². The summed E-state index contributed by atoms with van der Waals surface area (Å²) in [6, 6.07) is 42.1. The Bertz CT molecular complexity index is 2410. The fourth-order valence-electron chi connectivity index (χ4n) is 6.34. The minimum Gasteiger partial charge on any atom is -0.456 e. The third kappa shape index (κ3) is 4.13.